The predicted molar refractivity (Wildman–Crippen MR) is 114 cm³/mol. The van der Waals surface area contributed by atoms with Crippen molar-refractivity contribution in [1.82, 2.24) is 5.32 Å². The fraction of sp³-hybridized carbons (Fsp3) is 0.316. The van der Waals surface area contributed by atoms with Crippen LogP contribution in [0.2, 0.25) is 5.02 Å². The van der Waals surface area contributed by atoms with Crippen molar-refractivity contribution in [1.29, 1.82) is 0 Å². The van der Waals surface area contributed by atoms with Crippen LogP contribution in [0.4, 0.5) is 5.69 Å². The summed E-state index contributed by atoms with van der Waals surface area (Å²) >= 11 is 7.58. The van der Waals surface area contributed by atoms with E-state index in [-0.39, 0.29) is 5.91 Å². The topological polar surface area (TPSA) is 66.5 Å². The van der Waals surface area contributed by atoms with E-state index >= 15 is 0 Å². The Balaban J connectivity index is 1.90. The van der Waals surface area contributed by atoms with Gasteiger partial charge in [-0.25, -0.2) is 8.42 Å². The van der Waals surface area contributed by atoms with E-state index in [0.717, 1.165) is 22.1 Å². The van der Waals surface area contributed by atoms with E-state index in [1.165, 1.54) is 5.56 Å². The lowest BCUT2D eigenvalue weighted by Crippen LogP contribution is -2.48. The van der Waals surface area contributed by atoms with E-state index in [1.54, 1.807) is 43.0 Å². The summed E-state index contributed by atoms with van der Waals surface area (Å²) in [4.78, 5) is 12.5. The number of nitrogens with zero attached hydrogens (tertiary/aromatic N) is 1. The molecular weight excluding hydrogens is 404 g/mol. The van der Waals surface area contributed by atoms with E-state index in [1.807, 2.05) is 18.2 Å². The number of halogens is 1. The van der Waals surface area contributed by atoms with Gasteiger partial charge in [0.15, 0.2) is 0 Å². The molecule has 0 fully saturated rings. The van der Waals surface area contributed by atoms with Crippen molar-refractivity contribution in [3.05, 3.63) is 65.2 Å². The highest BCUT2D eigenvalue weighted by atomic mass is 35.5. The maximum absolute atomic E-state index is 12.5. The predicted octanol–water partition coefficient (Wildman–Crippen LogP) is 3.54. The molecular formula is C19H23ClN2O3S2. The van der Waals surface area contributed by atoms with E-state index in [4.69, 9.17) is 11.6 Å². The lowest BCUT2D eigenvalue weighted by atomic mass is 10.2. The van der Waals surface area contributed by atoms with Crippen molar-refractivity contribution in [3.8, 4) is 0 Å². The molecule has 8 heteroatoms. The second-order valence-corrected chi connectivity index (χ2v) is 9.44. The SMILES string of the molecule is C[C@H](C(=O)NCCSCc1ccccc1)N(c1ccc(Cl)cc1)S(C)(=O)=O. The standard InChI is InChI=1S/C19H23ClN2O3S2/c1-15(22(27(2,24)25)18-10-8-17(20)9-11-18)19(23)21-12-13-26-14-16-6-4-3-5-7-16/h3-11,15H,12-14H2,1-2H3,(H,21,23)/t15-/m1/s1. The third-order valence-corrected chi connectivity index (χ3v) is 6.35. The summed E-state index contributed by atoms with van der Waals surface area (Å²) in [5.41, 5.74) is 1.64. The van der Waals surface area contributed by atoms with Crippen LogP contribution < -0.4 is 9.62 Å². The monoisotopic (exact) mass is 426 g/mol. The van der Waals surface area contributed by atoms with Crippen molar-refractivity contribution < 1.29 is 13.2 Å². The summed E-state index contributed by atoms with van der Waals surface area (Å²) in [6, 6.07) is 15.6. The van der Waals surface area contributed by atoms with E-state index in [2.05, 4.69) is 17.4 Å². The normalized spacial score (nSPS) is 12.4. The fourth-order valence-corrected chi connectivity index (χ4v) is 4.67. The van der Waals surface area contributed by atoms with Crippen LogP contribution in [0.25, 0.3) is 0 Å². The van der Waals surface area contributed by atoms with Gasteiger partial charge in [0.1, 0.15) is 6.04 Å². The Morgan fingerprint density at radius 3 is 2.37 bits per heavy atom. The van der Waals surface area contributed by atoms with Crippen LogP contribution >= 0.6 is 23.4 Å². The number of rotatable bonds is 9. The van der Waals surface area contributed by atoms with Crippen LogP contribution in [0.5, 0.6) is 0 Å². The molecule has 2 aromatic rings. The van der Waals surface area contributed by atoms with Gasteiger partial charge in [-0.3, -0.25) is 9.10 Å². The molecule has 0 aliphatic rings. The van der Waals surface area contributed by atoms with Gasteiger partial charge in [-0.2, -0.15) is 11.8 Å². The van der Waals surface area contributed by atoms with Gasteiger partial charge in [0.25, 0.3) is 0 Å². The third-order valence-electron chi connectivity index (χ3n) is 3.83. The molecule has 146 valence electrons. The van der Waals surface area contributed by atoms with Gasteiger partial charge in [0, 0.05) is 23.1 Å². The number of carbonyl (C=O) groups is 1. The Morgan fingerprint density at radius 1 is 1.15 bits per heavy atom. The molecule has 0 saturated carbocycles. The summed E-state index contributed by atoms with van der Waals surface area (Å²) in [6.07, 6.45) is 1.08. The van der Waals surface area contributed by atoms with E-state index in [0.29, 0.717) is 17.3 Å². The second kappa shape index (κ2) is 10.0. The quantitative estimate of drug-likeness (QED) is 0.623. The maximum Gasteiger partial charge on any atom is 0.243 e. The first-order valence-electron chi connectivity index (χ1n) is 8.43. The molecule has 0 aliphatic carbocycles. The Morgan fingerprint density at radius 2 is 1.78 bits per heavy atom. The minimum Gasteiger partial charge on any atom is -0.353 e. The molecule has 0 bridgehead atoms. The summed E-state index contributed by atoms with van der Waals surface area (Å²) in [6.45, 7) is 2.04. The molecule has 0 heterocycles. The molecule has 5 nitrogen and oxygen atoms in total. The average Bonchev–Trinajstić information content (AvgIpc) is 2.62. The van der Waals surface area contributed by atoms with Crippen LogP contribution in [0.1, 0.15) is 12.5 Å². The van der Waals surface area contributed by atoms with Gasteiger partial charge in [-0.05, 0) is 36.8 Å². The van der Waals surface area contributed by atoms with Crippen LogP contribution in [-0.2, 0) is 20.6 Å². The summed E-state index contributed by atoms with van der Waals surface area (Å²) in [7, 11) is -3.62. The van der Waals surface area contributed by atoms with Crippen molar-refractivity contribution >= 4 is 45.0 Å². The molecule has 27 heavy (non-hydrogen) atoms. The molecule has 1 N–H and O–H groups in total. The van der Waals surface area contributed by atoms with E-state index < -0.39 is 16.1 Å². The number of carbonyl (C=O) groups excluding carboxylic acids is 1. The Hall–Kier alpha value is -1.70. The molecule has 0 aromatic heterocycles. The average molecular weight is 427 g/mol. The lowest BCUT2D eigenvalue weighted by molar-refractivity contribution is -0.121. The zero-order chi connectivity index (χ0) is 19.9. The summed E-state index contributed by atoms with van der Waals surface area (Å²) in [5, 5.41) is 3.31. The molecule has 0 radical (unpaired) electrons. The van der Waals surface area contributed by atoms with Gasteiger partial charge < -0.3 is 5.32 Å². The number of benzene rings is 2. The van der Waals surface area contributed by atoms with Crippen LogP contribution in [-0.4, -0.2) is 38.9 Å². The van der Waals surface area contributed by atoms with Crippen molar-refractivity contribution in [3.63, 3.8) is 0 Å². The molecule has 0 aliphatic heterocycles. The molecule has 2 rings (SSSR count). The van der Waals surface area contributed by atoms with Crippen molar-refractivity contribution in [2.75, 3.05) is 22.9 Å². The van der Waals surface area contributed by atoms with Crippen LogP contribution in [0.3, 0.4) is 0 Å². The third kappa shape index (κ3) is 6.75. The molecule has 0 saturated heterocycles. The van der Waals surface area contributed by atoms with Gasteiger partial charge in [-0.15, -0.1) is 0 Å². The zero-order valence-corrected chi connectivity index (χ0v) is 17.7. The molecule has 1 amide bonds. The van der Waals surface area contributed by atoms with Gasteiger partial charge in [0.05, 0.1) is 11.9 Å². The second-order valence-electron chi connectivity index (χ2n) is 6.04. The first-order valence-corrected chi connectivity index (χ1v) is 11.8. The largest absolute Gasteiger partial charge is 0.353 e. The van der Waals surface area contributed by atoms with Gasteiger partial charge in [0.2, 0.25) is 15.9 Å². The minimum atomic E-state index is -3.62. The molecule has 1 atom stereocenters. The Labute approximate surface area is 170 Å². The van der Waals surface area contributed by atoms with Gasteiger partial charge in [-0.1, -0.05) is 41.9 Å². The van der Waals surface area contributed by atoms with Crippen LogP contribution in [0, 0.1) is 0 Å². The first-order chi connectivity index (χ1) is 12.8. The highest BCUT2D eigenvalue weighted by molar-refractivity contribution is 7.98. The highest BCUT2D eigenvalue weighted by Crippen LogP contribution is 2.23. The molecule has 2 aromatic carbocycles. The highest BCUT2D eigenvalue weighted by Gasteiger charge is 2.28. The van der Waals surface area contributed by atoms with Crippen molar-refractivity contribution in [2.45, 2.75) is 18.7 Å². The van der Waals surface area contributed by atoms with Gasteiger partial charge >= 0.3 is 0 Å². The fourth-order valence-electron chi connectivity index (χ4n) is 2.56. The summed E-state index contributed by atoms with van der Waals surface area (Å²) < 4.78 is 25.5. The number of sulfonamides is 1. The smallest absolute Gasteiger partial charge is 0.243 e. The first kappa shape index (κ1) is 21.6. The summed E-state index contributed by atoms with van der Waals surface area (Å²) in [5.74, 6) is 1.27. The minimum absolute atomic E-state index is 0.337. The Kier molecular flexibility index (Phi) is 8.01. The Bertz CT molecular complexity index is 843. The number of hydrogen-bond donors (Lipinski definition) is 1. The zero-order valence-electron chi connectivity index (χ0n) is 15.3. The molecule has 0 spiro atoms. The lowest BCUT2D eigenvalue weighted by Gasteiger charge is -2.28. The number of nitrogens with one attached hydrogen (secondary N) is 1. The van der Waals surface area contributed by atoms with Crippen molar-refractivity contribution in [2.24, 2.45) is 0 Å². The van der Waals surface area contributed by atoms with E-state index in [9.17, 15) is 13.2 Å². The maximum atomic E-state index is 12.5. The number of hydrogen-bond acceptors (Lipinski definition) is 4. The molecule has 0 unspecified atom stereocenters. The number of anilines is 1. The van der Waals surface area contributed by atoms with Crippen LogP contribution in [0.15, 0.2) is 54.6 Å². The number of amides is 1. The number of thioether (sulfide) groups is 1.